The Balaban J connectivity index is 0.000000980. The van der Waals surface area contributed by atoms with E-state index in [1.807, 2.05) is 6.07 Å². The third-order valence-electron chi connectivity index (χ3n) is 2.40. The van der Waals surface area contributed by atoms with E-state index in [2.05, 4.69) is 5.32 Å². The Morgan fingerprint density at radius 3 is 2.71 bits per heavy atom. The van der Waals surface area contributed by atoms with E-state index in [1.54, 1.807) is 6.07 Å². The quantitative estimate of drug-likeness (QED) is 0.821. The van der Waals surface area contributed by atoms with Crippen LogP contribution in [0.4, 0.5) is 4.39 Å². The van der Waals surface area contributed by atoms with Crippen LogP contribution in [0, 0.1) is 5.82 Å². The summed E-state index contributed by atoms with van der Waals surface area (Å²) in [5.41, 5.74) is 0.925. The zero-order chi connectivity index (χ0) is 9.26. The Bertz CT molecular complexity index is 315. The molecule has 1 atom stereocenters. The first kappa shape index (κ1) is 11.3. The molecule has 1 fully saturated rings. The van der Waals surface area contributed by atoms with E-state index in [9.17, 15) is 4.39 Å². The Kier molecular flexibility index (Phi) is 3.72. The average molecular weight is 218 g/mol. The summed E-state index contributed by atoms with van der Waals surface area (Å²) < 4.78 is 18.2. The van der Waals surface area contributed by atoms with Crippen molar-refractivity contribution >= 4 is 12.4 Å². The molecule has 2 rings (SSSR count). The number of hydrogen-bond donors (Lipinski definition) is 1. The van der Waals surface area contributed by atoms with Crippen LogP contribution in [0.15, 0.2) is 18.2 Å². The molecule has 2 nitrogen and oxygen atoms in total. The molecule has 0 spiro atoms. The minimum absolute atomic E-state index is 0. The second-order valence-electron chi connectivity index (χ2n) is 3.16. The highest BCUT2D eigenvalue weighted by atomic mass is 35.5. The Hall–Kier alpha value is -0.800. The van der Waals surface area contributed by atoms with Crippen molar-refractivity contribution in [3.05, 3.63) is 29.6 Å². The molecule has 1 aliphatic heterocycles. The molecule has 0 bridgehead atoms. The van der Waals surface area contributed by atoms with E-state index in [0.29, 0.717) is 5.75 Å². The van der Waals surface area contributed by atoms with E-state index in [-0.39, 0.29) is 24.3 Å². The lowest BCUT2D eigenvalue weighted by Gasteiger charge is -2.29. The molecule has 1 aromatic carbocycles. The summed E-state index contributed by atoms with van der Waals surface area (Å²) in [5.74, 6) is 0.0911. The van der Waals surface area contributed by atoms with Gasteiger partial charge in [-0.05, 0) is 19.0 Å². The van der Waals surface area contributed by atoms with Crippen molar-refractivity contribution in [3.8, 4) is 5.75 Å². The fraction of sp³-hybridized carbons (Fsp3) is 0.400. The van der Waals surface area contributed by atoms with Gasteiger partial charge in [-0.1, -0.05) is 12.1 Å². The highest BCUT2D eigenvalue weighted by Gasteiger charge is 2.23. The lowest BCUT2D eigenvalue weighted by atomic mass is 9.97. The molecule has 4 heteroatoms. The smallest absolute Gasteiger partial charge is 0.165 e. The van der Waals surface area contributed by atoms with Crippen molar-refractivity contribution in [2.45, 2.75) is 12.5 Å². The number of ether oxygens (including phenoxy) is 1. The van der Waals surface area contributed by atoms with Crippen LogP contribution in [0.3, 0.4) is 0 Å². The van der Waals surface area contributed by atoms with Crippen molar-refractivity contribution in [1.82, 2.24) is 5.32 Å². The van der Waals surface area contributed by atoms with Crippen LogP contribution < -0.4 is 10.1 Å². The molecule has 1 N–H and O–H groups in total. The summed E-state index contributed by atoms with van der Waals surface area (Å²) in [7, 11) is 1.50. The summed E-state index contributed by atoms with van der Waals surface area (Å²) in [6.07, 6.45) is 1.06. The molecule has 78 valence electrons. The van der Waals surface area contributed by atoms with Crippen molar-refractivity contribution in [3.63, 3.8) is 0 Å². The molecule has 1 heterocycles. The van der Waals surface area contributed by atoms with E-state index in [1.165, 1.54) is 13.2 Å². The van der Waals surface area contributed by atoms with Gasteiger partial charge in [-0.3, -0.25) is 0 Å². The number of benzene rings is 1. The summed E-state index contributed by atoms with van der Waals surface area (Å²) in [4.78, 5) is 0. The van der Waals surface area contributed by atoms with Gasteiger partial charge in [-0.2, -0.15) is 0 Å². The number of hydrogen-bond acceptors (Lipinski definition) is 2. The van der Waals surface area contributed by atoms with Crippen molar-refractivity contribution in [1.29, 1.82) is 0 Å². The summed E-state index contributed by atoms with van der Waals surface area (Å²) in [5, 5.41) is 3.22. The Morgan fingerprint density at radius 1 is 1.50 bits per heavy atom. The topological polar surface area (TPSA) is 21.3 Å². The number of methoxy groups -OCH3 is 1. The van der Waals surface area contributed by atoms with Crippen LogP contribution in [0.5, 0.6) is 5.75 Å². The Morgan fingerprint density at radius 2 is 2.21 bits per heavy atom. The molecule has 0 unspecified atom stereocenters. The standard InChI is InChI=1S/C10H12FNO.ClH/c1-13-10-7(9-5-6-12-9)3-2-4-8(10)11;/h2-4,9,12H,5-6H2,1H3;1H/t9-;/m1./s1. The lowest BCUT2D eigenvalue weighted by molar-refractivity contribution is 0.340. The van der Waals surface area contributed by atoms with Gasteiger partial charge in [0.1, 0.15) is 0 Å². The highest BCUT2D eigenvalue weighted by molar-refractivity contribution is 5.85. The van der Waals surface area contributed by atoms with Gasteiger partial charge in [0.25, 0.3) is 0 Å². The van der Waals surface area contributed by atoms with Crippen LogP contribution in [0.1, 0.15) is 18.0 Å². The fourth-order valence-electron chi connectivity index (χ4n) is 1.57. The zero-order valence-electron chi connectivity index (χ0n) is 7.92. The second-order valence-corrected chi connectivity index (χ2v) is 3.16. The molecule has 0 aliphatic carbocycles. The molecule has 14 heavy (non-hydrogen) atoms. The van der Waals surface area contributed by atoms with E-state index < -0.39 is 0 Å². The number of halogens is 2. The molecular weight excluding hydrogens is 205 g/mol. The van der Waals surface area contributed by atoms with Gasteiger partial charge >= 0.3 is 0 Å². The SMILES string of the molecule is COc1c(F)cccc1[C@H]1CCN1.Cl. The molecule has 0 aromatic heterocycles. The van der Waals surface area contributed by atoms with Crippen LogP contribution in [-0.4, -0.2) is 13.7 Å². The summed E-state index contributed by atoms with van der Waals surface area (Å²) >= 11 is 0. The molecule has 0 amide bonds. The maximum Gasteiger partial charge on any atom is 0.165 e. The first-order chi connectivity index (χ1) is 6.33. The molecule has 1 aliphatic rings. The molecule has 0 radical (unpaired) electrons. The molecule has 1 saturated heterocycles. The Labute approximate surface area is 88.9 Å². The molecule has 0 saturated carbocycles. The monoisotopic (exact) mass is 217 g/mol. The van der Waals surface area contributed by atoms with Gasteiger partial charge in [-0.15, -0.1) is 12.4 Å². The average Bonchev–Trinajstić information content (AvgIpc) is 2.01. The van der Waals surface area contributed by atoms with Crippen molar-refractivity contribution < 1.29 is 9.13 Å². The summed E-state index contributed by atoms with van der Waals surface area (Å²) in [6.45, 7) is 1.00. The maximum absolute atomic E-state index is 13.2. The van der Waals surface area contributed by atoms with Crippen molar-refractivity contribution in [2.24, 2.45) is 0 Å². The van der Waals surface area contributed by atoms with Crippen molar-refractivity contribution in [2.75, 3.05) is 13.7 Å². The van der Waals surface area contributed by atoms with Crippen LogP contribution in [-0.2, 0) is 0 Å². The largest absolute Gasteiger partial charge is 0.493 e. The third kappa shape index (κ3) is 1.83. The lowest BCUT2D eigenvalue weighted by Crippen LogP contribution is -2.35. The fourth-order valence-corrected chi connectivity index (χ4v) is 1.57. The first-order valence-electron chi connectivity index (χ1n) is 4.38. The van der Waals surface area contributed by atoms with E-state index in [0.717, 1.165) is 18.5 Å². The zero-order valence-corrected chi connectivity index (χ0v) is 8.73. The van der Waals surface area contributed by atoms with Gasteiger partial charge in [0.05, 0.1) is 7.11 Å². The normalized spacial score (nSPS) is 19.4. The molecule has 1 aromatic rings. The first-order valence-corrected chi connectivity index (χ1v) is 4.38. The van der Waals surface area contributed by atoms with Gasteiger partial charge in [0, 0.05) is 11.6 Å². The molecular formula is C10H13ClFNO. The van der Waals surface area contributed by atoms with Gasteiger partial charge in [0.2, 0.25) is 0 Å². The number of nitrogens with one attached hydrogen (secondary N) is 1. The van der Waals surface area contributed by atoms with E-state index in [4.69, 9.17) is 4.74 Å². The third-order valence-corrected chi connectivity index (χ3v) is 2.40. The maximum atomic E-state index is 13.2. The van der Waals surface area contributed by atoms with Crippen LogP contribution in [0.2, 0.25) is 0 Å². The number of rotatable bonds is 2. The minimum Gasteiger partial charge on any atom is -0.493 e. The minimum atomic E-state index is -0.284. The van der Waals surface area contributed by atoms with Gasteiger partial charge in [-0.25, -0.2) is 4.39 Å². The van der Waals surface area contributed by atoms with Gasteiger partial charge < -0.3 is 10.1 Å². The van der Waals surface area contributed by atoms with Gasteiger partial charge in [0.15, 0.2) is 11.6 Å². The predicted octanol–water partition coefficient (Wildman–Crippen LogP) is 2.29. The predicted molar refractivity (Wildman–Crippen MR) is 55.6 cm³/mol. The second kappa shape index (κ2) is 4.62. The van der Waals surface area contributed by atoms with Crippen LogP contribution >= 0.6 is 12.4 Å². The number of para-hydroxylation sites is 1. The highest BCUT2D eigenvalue weighted by Crippen LogP contribution is 2.32. The van der Waals surface area contributed by atoms with E-state index >= 15 is 0 Å². The summed E-state index contributed by atoms with van der Waals surface area (Å²) in [6, 6.07) is 5.30. The van der Waals surface area contributed by atoms with Crippen LogP contribution in [0.25, 0.3) is 0 Å².